The first kappa shape index (κ1) is 12.0. The largest absolute Gasteiger partial charge is 0.306 e. The lowest BCUT2D eigenvalue weighted by Crippen LogP contribution is -2.31. The van der Waals surface area contributed by atoms with Crippen LogP contribution in [0.5, 0.6) is 0 Å². The molecule has 0 radical (unpaired) electrons. The van der Waals surface area contributed by atoms with Gasteiger partial charge in [0, 0.05) is 10.7 Å². The van der Waals surface area contributed by atoms with Gasteiger partial charge in [-0.15, -0.1) is 0 Å². The first-order chi connectivity index (χ1) is 6.38. The Morgan fingerprint density at radius 3 is 2.43 bits per heavy atom. The summed E-state index contributed by atoms with van der Waals surface area (Å²) in [6.07, 6.45) is 1.98. The number of likely N-dealkylation sites (tertiary alicyclic amines) is 1. The lowest BCUT2D eigenvalue weighted by Gasteiger charge is -2.29. The van der Waals surface area contributed by atoms with Crippen molar-refractivity contribution in [1.82, 2.24) is 4.90 Å². The Kier molecular flexibility index (Phi) is 3.98. The van der Waals surface area contributed by atoms with Gasteiger partial charge < -0.3 is 4.90 Å². The Balaban J connectivity index is 2.46. The number of halogens is 1. The van der Waals surface area contributed by atoms with Gasteiger partial charge in [-0.2, -0.15) is 0 Å². The van der Waals surface area contributed by atoms with E-state index in [1.54, 1.807) is 0 Å². The minimum atomic E-state index is -3.43. The molecule has 1 fully saturated rings. The average Bonchev–Trinajstić information content (AvgIpc) is 2.02. The summed E-state index contributed by atoms with van der Waals surface area (Å²) in [5.41, 5.74) is 0.758. The molecular weight excluding hydrogens is 222 g/mol. The van der Waals surface area contributed by atoms with E-state index in [4.69, 9.17) is 10.7 Å². The maximum atomic E-state index is 10.8. The number of piperidine rings is 1. The van der Waals surface area contributed by atoms with E-state index < -0.39 is 9.05 Å². The molecule has 82 valence electrons. The maximum Gasteiger partial charge on any atom is 0.236 e. The Bertz CT molecular complexity index is 305. The third-order valence-electron chi connectivity index (χ3n) is 2.65. The third-order valence-corrected chi connectivity index (χ3v) is 3.70. The molecule has 0 aromatic rings. The normalized spacial score (nSPS) is 21.0. The standard InChI is InChI=1S/C9H16ClNO2S/c1-8(7-14(10,12)13)9-3-5-11(2)6-4-9/h9H,1,3-7H2,2H3. The van der Waals surface area contributed by atoms with Crippen molar-refractivity contribution in [3.8, 4) is 0 Å². The molecule has 0 bridgehead atoms. The van der Waals surface area contributed by atoms with Crippen LogP contribution < -0.4 is 0 Å². The van der Waals surface area contributed by atoms with Crippen LogP contribution in [-0.2, 0) is 9.05 Å². The van der Waals surface area contributed by atoms with Gasteiger partial charge in [-0.05, 0) is 38.9 Å². The molecular formula is C9H16ClNO2S. The third kappa shape index (κ3) is 3.98. The van der Waals surface area contributed by atoms with Gasteiger partial charge in [0.05, 0.1) is 5.75 Å². The van der Waals surface area contributed by atoms with Crippen LogP contribution in [0.4, 0.5) is 0 Å². The van der Waals surface area contributed by atoms with Crippen molar-refractivity contribution in [2.75, 3.05) is 25.9 Å². The monoisotopic (exact) mass is 237 g/mol. The Morgan fingerprint density at radius 2 is 2.00 bits per heavy atom. The van der Waals surface area contributed by atoms with Crippen molar-refractivity contribution in [2.24, 2.45) is 5.92 Å². The van der Waals surface area contributed by atoms with E-state index in [1.807, 2.05) is 0 Å². The summed E-state index contributed by atoms with van der Waals surface area (Å²) in [5.74, 6) is 0.239. The smallest absolute Gasteiger partial charge is 0.236 e. The van der Waals surface area contributed by atoms with E-state index in [2.05, 4.69) is 18.5 Å². The quantitative estimate of drug-likeness (QED) is 0.551. The zero-order chi connectivity index (χ0) is 10.8. The molecule has 1 aliphatic rings. The van der Waals surface area contributed by atoms with E-state index in [0.29, 0.717) is 5.92 Å². The summed E-state index contributed by atoms with van der Waals surface area (Å²) in [4.78, 5) is 2.24. The van der Waals surface area contributed by atoms with Gasteiger partial charge in [0.2, 0.25) is 9.05 Å². The van der Waals surface area contributed by atoms with Crippen LogP contribution in [0, 0.1) is 5.92 Å². The SMILES string of the molecule is C=C(CS(=O)(=O)Cl)C1CCN(C)CC1. The zero-order valence-corrected chi connectivity index (χ0v) is 9.94. The molecule has 0 amide bonds. The fourth-order valence-corrected chi connectivity index (χ4v) is 2.86. The molecule has 3 nitrogen and oxygen atoms in total. The van der Waals surface area contributed by atoms with Crippen LogP contribution in [0.15, 0.2) is 12.2 Å². The topological polar surface area (TPSA) is 37.4 Å². The minimum absolute atomic E-state index is 0.0804. The second-order valence-electron chi connectivity index (χ2n) is 3.92. The molecule has 1 saturated heterocycles. The van der Waals surface area contributed by atoms with Crippen molar-refractivity contribution in [1.29, 1.82) is 0 Å². The van der Waals surface area contributed by atoms with Crippen molar-refractivity contribution in [2.45, 2.75) is 12.8 Å². The van der Waals surface area contributed by atoms with Crippen LogP contribution >= 0.6 is 10.7 Å². The predicted molar refractivity (Wildman–Crippen MR) is 59.0 cm³/mol. The van der Waals surface area contributed by atoms with Crippen molar-refractivity contribution in [3.63, 3.8) is 0 Å². The van der Waals surface area contributed by atoms with Crippen molar-refractivity contribution < 1.29 is 8.42 Å². The van der Waals surface area contributed by atoms with Gasteiger partial charge in [-0.25, -0.2) is 8.42 Å². The summed E-state index contributed by atoms with van der Waals surface area (Å²) in [7, 11) is 3.82. The van der Waals surface area contributed by atoms with Crippen LogP contribution in [0.3, 0.4) is 0 Å². The lowest BCUT2D eigenvalue weighted by molar-refractivity contribution is 0.238. The van der Waals surface area contributed by atoms with E-state index in [0.717, 1.165) is 31.5 Å². The van der Waals surface area contributed by atoms with Crippen LogP contribution in [-0.4, -0.2) is 39.2 Å². The molecule has 0 aromatic heterocycles. The highest BCUT2D eigenvalue weighted by Gasteiger charge is 2.21. The highest BCUT2D eigenvalue weighted by Crippen LogP contribution is 2.24. The van der Waals surface area contributed by atoms with Gasteiger partial charge in [0.1, 0.15) is 0 Å². The summed E-state index contributed by atoms with van der Waals surface area (Å²) < 4.78 is 21.7. The molecule has 0 saturated carbocycles. The maximum absolute atomic E-state index is 10.8. The minimum Gasteiger partial charge on any atom is -0.306 e. The molecule has 5 heteroatoms. The molecule has 0 aromatic carbocycles. The van der Waals surface area contributed by atoms with Crippen LogP contribution in [0.2, 0.25) is 0 Å². The number of hydrogen-bond donors (Lipinski definition) is 0. The van der Waals surface area contributed by atoms with Crippen molar-refractivity contribution >= 4 is 19.7 Å². The van der Waals surface area contributed by atoms with Gasteiger partial charge in [0.15, 0.2) is 0 Å². The highest BCUT2D eigenvalue weighted by atomic mass is 35.7. The Labute approximate surface area is 90.2 Å². The Hall–Kier alpha value is -0.0600. The van der Waals surface area contributed by atoms with Gasteiger partial charge >= 0.3 is 0 Å². The summed E-state index contributed by atoms with van der Waals surface area (Å²) >= 11 is 0. The molecule has 0 atom stereocenters. The fourth-order valence-electron chi connectivity index (χ4n) is 1.76. The van der Waals surface area contributed by atoms with E-state index in [9.17, 15) is 8.42 Å². The van der Waals surface area contributed by atoms with Gasteiger partial charge in [-0.3, -0.25) is 0 Å². The first-order valence-electron chi connectivity index (χ1n) is 4.67. The summed E-state index contributed by atoms with van der Waals surface area (Å²) in [6.45, 7) is 5.82. The number of nitrogens with zero attached hydrogens (tertiary/aromatic N) is 1. The molecule has 0 unspecified atom stereocenters. The number of hydrogen-bond acceptors (Lipinski definition) is 3. The highest BCUT2D eigenvalue weighted by molar-refractivity contribution is 8.13. The van der Waals surface area contributed by atoms with E-state index in [-0.39, 0.29) is 5.75 Å². The Morgan fingerprint density at radius 1 is 1.50 bits per heavy atom. The van der Waals surface area contributed by atoms with Gasteiger partial charge in [0.25, 0.3) is 0 Å². The molecule has 1 rings (SSSR count). The summed E-state index contributed by atoms with van der Waals surface area (Å²) in [6, 6.07) is 0. The van der Waals surface area contributed by atoms with Gasteiger partial charge in [-0.1, -0.05) is 12.2 Å². The lowest BCUT2D eigenvalue weighted by atomic mass is 9.91. The molecule has 1 aliphatic heterocycles. The zero-order valence-electron chi connectivity index (χ0n) is 8.37. The van der Waals surface area contributed by atoms with E-state index in [1.165, 1.54) is 0 Å². The second kappa shape index (κ2) is 4.64. The average molecular weight is 238 g/mol. The fraction of sp³-hybridized carbons (Fsp3) is 0.778. The summed E-state index contributed by atoms with van der Waals surface area (Å²) in [5, 5.41) is 0. The molecule has 0 spiro atoms. The van der Waals surface area contributed by atoms with Crippen LogP contribution in [0.1, 0.15) is 12.8 Å². The predicted octanol–water partition coefficient (Wildman–Crippen LogP) is 1.45. The number of rotatable bonds is 3. The molecule has 1 heterocycles. The first-order valence-corrected chi connectivity index (χ1v) is 7.15. The van der Waals surface area contributed by atoms with Crippen LogP contribution in [0.25, 0.3) is 0 Å². The molecule has 0 aliphatic carbocycles. The van der Waals surface area contributed by atoms with E-state index >= 15 is 0 Å². The molecule has 14 heavy (non-hydrogen) atoms. The van der Waals surface area contributed by atoms with Crippen molar-refractivity contribution in [3.05, 3.63) is 12.2 Å². The second-order valence-corrected chi connectivity index (χ2v) is 6.70. The molecule has 0 N–H and O–H groups in total.